The van der Waals surface area contributed by atoms with Crippen molar-refractivity contribution in [2.75, 3.05) is 20.2 Å². The van der Waals surface area contributed by atoms with Gasteiger partial charge in [0.25, 0.3) is 0 Å². The largest absolute Gasteiger partial charge is 0.468 e. The summed E-state index contributed by atoms with van der Waals surface area (Å²) in [7, 11) is 1.46. The van der Waals surface area contributed by atoms with Gasteiger partial charge < -0.3 is 10.1 Å². The number of hydrogen-bond acceptors (Lipinski definition) is 4. The van der Waals surface area contributed by atoms with E-state index in [1.54, 1.807) is 0 Å². The molecule has 0 spiro atoms. The second kappa shape index (κ2) is 7.10. The fourth-order valence-corrected chi connectivity index (χ4v) is 2.52. The molecule has 4 heteroatoms. The Balaban J connectivity index is 2.49. The van der Waals surface area contributed by atoms with Gasteiger partial charge in [0.2, 0.25) is 0 Å². The van der Waals surface area contributed by atoms with Crippen LogP contribution in [0.25, 0.3) is 0 Å². The minimum atomic E-state index is -0.160. The van der Waals surface area contributed by atoms with Gasteiger partial charge in [0.1, 0.15) is 6.04 Å². The number of likely N-dealkylation sites (tertiary alicyclic amines) is 1. The molecule has 18 heavy (non-hydrogen) atoms. The molecule has 1 fully saturated rings. The number of methoxy groups -OCH3 is 1. The number of carbonyl (C=O) groups is 1. The van der Waals surface area contributed by atoms with Crippen molar-refractivity contribution in [3.63, 3.8) is 0 Å². The first-order valence-corrected chi connectivity index (χ1v) is 7.02. The average Bonchev–Trinajstić information content (AvgIpc) is 2.75. The van der Waals surface area contributed by atoms with Crippen molar-refractivity contribution in [2.45, 2.75) is 58.7 Å². The lowest BCUT2D eigenvalue weighted by Gasteiger charge is -2.24. The van der Waals surface area contributed by atoms with Gasteiger partial charge in [-0.15, -0.1) is 0 Å². The molecule has 4 nitrogen and oxygen atoms in total. The summed E-state index contributed by atoms with van der Waals surface area (Å²) in [5, 5.41) is 3.47. The van der Waals surface area contributed by atoms with Crippen molar-refractivity contribution in [1.82, 2.24) is 10.2 Å². The van der Waals surface area contributed by atoms with Gasteiger partial charge in [0, 0.05) is 18.6 Å². The Kier molecular flexibility index (Phi) is 6.09. The molecule has 0 amide bonds. The number of ether oxygens (including phenoxy) is 1. The molecule has 0 aliphatic carbocycles. The number of nitrogens with zero attached hydrogens (tertiary/aromatic N) is 1. The molecule has 0 saturated carbocycles. The summed E-state index contributed by atoms with van der Waals surface area (Å²) in [6.07, 6.45) is 1.95. The molecular formula is C14H28N2O2. The second-order valence-corrected chi connectivity index (χ2v) is 5.95. The van der Waals surface area contributed by atoms with Gasteiger partial charge in [-0.3, -0.25) is 9.69 Å². The van der Waals surface area contributed by atoms with Crippen LogP contribution in [-0.2, 0) is 9.53 Å². The normalized spacial score (nSPS) is 22.7. The van der Waals surface area contributed by atoms with E-state index in [4.69, 9.17) is 4.74 Å². The van der Waals surface area contributed by atoms with E-state index in [9.17, 15) is 4.79 Å². The molecule has 1 N–H and O–H groups in total. The van der Waals surface area contributed by atoms with Crippen molar-refractivity contribution in [1.29, 1.82) is 0 Å². The second-order valence-electron chi connectivity index (χ2n) is 5.95. The zero-order valence-corrected chi connectivity index (χ0v) is 12.4. The summed E-state index contributed by atoms with van der Waals surface area (Å²) in [6, 6.07) is 0.834. The molecule has 1 aliphatic rings. The highest BCUT2D eigenvalue weighted by molar-refractivity contribution is 5.75. The van der Waals surface area contributed by atoms with E-state index in [1.165, 1.54) is 7.11 Å². The number of nitrogens with one attached hydrogen (secondary N) is 1. The van der Waals surface area contributed by atoms with Crippen LogP contribution in [0.1, 0.15) is 40.5 Å². The van der Waals surface area contributed by atoms with E-state index in [2.05, 4.69) is 37.9 Å². The zero-order valence-electron chi connectivity index (χ0n) is 12.4. The van der Waals surface area contributed by atoms with Crippen molar-refractivity contribution in [2.24, 2.45) is 5.92 Å². The summed E-state index contributed by atoms with van der Waals surface area (Å²) in [5.74, 6) is 0.357. The van der Waals surface area contributed by atoms with E-state index < -0.39 is 0 Å². The van der Waals surface area contributed by atoms with Crippen molar-refractivity contribution >= 4 is 5.97 Å². The van der Waals surface area contributed by atoms with Gasteiger partial charge in [-0.05, 0) is 39.2 Å². The summed E-state index contributed by atoms with van der Waals surface area (Å²) in [5.41, 5.74) is 0. The highest BCUT2D eigenvalue weighted by Crippen LogP contribution is 2.15. The highest BCUT2D eigenvalue weighted by Gasteiger charge is 2.29. The molecule has 1 saturated heterocycles. The maximum absolute atomic E-state index is 11.8. The Bertz CT molecular complexity index is 267. The molecule has 1 aliphatic heterocycles. The molecule has 0 aromatic carbocycles. The first-order chi connectivity index (χ1) is 8.43. The maximum atomic E-state index is 11.8. The zero-order chi connectivity index (χ0) is 13.7. The smallest absolute Gasteiger partial charge is 0.322 e. The van der Waals surface area contributed by atoms with Crippen molar-refractivity contribution in [3.8, 4) is 0 Å². The summed E-state index contributed by atoms with van der Waals surface area (Å²) in [4.78, 5) is 14.2. The van der Waals surface area contributed by atoms with Crippen LogP contribution >= 0.6 is 0 Å². The molecule has 106 valence electrons. The van der Waals surface area contributed by atoms with E-state index in [1.807, 2.05) is 0 Å². The van der Waals surface area contributed by atoms with Gasteiger partial charge in [-0.1, -0.05) is 13.8 Å². The Morgan fingerprint density at radius 1 is 1.39 bits per heavy atom. The number of carbonyl (C=O) groups excluding carboxylic acids is 1. The summed E-state index contributed by atoms with van der Waals surface area (Å²) >= 11 is 0. The Hall–Kier alpha value is -0.610. The predicted molar refractivity (Wildman–Crippen MR) is 73.5 cm³/mol. The van der Waals surface area contributed by atoms with E-state index >= 15 is 0 Å². The monoisotopic (exact) mass is 256 g/mol. The average molecular weight is 256 g/mol. The topological polar surface area (TPSA) is 41.6 Å². The van der Waals surface area contributed by atoms with Crippen LogP contribution in [0.15, 0.2) is 0 Å². The van der Waals surface area contributed by atoms with Gasteiger partial charge in [0.05, 0.1) is 7.11 Å². The third-order valence-electron chi connectivity index (χ3n) is 3.58. The van der Waals surface area contributed by atoms with Gasteiger partial charge >= 0.3 is 5.97 Å². The van der Waals surface area contributed by atoms with Crippen LogP contribution in [0.3, 0.4) is 0 Å². The fourth-order valence-electron chi connectivity index (χ4n) is 2.52. The first kappa shape index (κ1) is 15.4. The SMILES string of the molecule is COC(=O)C(CC(C)C)NC1CCN(C(C)C)C1. The molecule has 0 aromatic heterocycles. The van der Waals surface area contributed by atoms with E-state index in [-0.39, 0.29) is 12.0 Å². The van der Waals surface area contributed by atoms with Crippen LogP contribution in [0, 0.1) is 5.92 Å². The van der Waals surface area contributed by atoms with Crippen LogP contribution in [0.2, 0.25) is 0 Å². The lowest BCUT2D eigenvalue weighted by molar-refractivity contribution is -0.143. The third-order valence-corrected chi connectivity index (χ3v) is 3.58. The van der Waals surface area contributed by atoms with Gasteiger partial charge in [-0.25, -0.2) is 0 Å². The van der Waals surface area contributed by atoms with Crippen molar-refractivity contribution < 1.29 is 9.53 Å². The number of rotatable bonds is 6. The molecular weight excluding hydrogens is 228 g/mol. The Morgan fingerprint density at radius 2 is 2.06 bits per heavy atom. The first-order valence-electron chi connectivity index (χ1n) is 7.02. The molecule has 1 heterocycles. The van der Waals surface area contributed by atoms with Crippen molar-refractivity contribution in [3.05, 3.63) is 0 Å². The third kappa shape index (κ3) is 4.58. The molecule has 0 radical (unpaired) electrons. The number of hydrogen-bond donors (Lipinski definition) is 1. The molecule has 0 aromatic rings. The minimum Gasteiger partial charge on any atom is -0.468 e. The van der Waals surface area contributed by atoms with Crippen LogP contribution in [0.4, 0.5) is 0 Å². The minimum absolute atomic E-state index is 0.133. The predicted octanol–water partition coefficient (Wildman–Crippen LogP) is 1.65. The molecule has 0 bridgehead atoms. The summed E-state index contributed by atoms with van der Waals surface area (Å²) in [6.45, 7) is 10.8. The van der Waals surface area contributed by atoms with E-state index in [0.717, 1.165) is 25.9 Å². The lowest BCUT2D eigenvalue weighted by Crippen LogP contribution is -2.46. The standard InChI is InChI=1S/C14H28N2O2/c1-10(2)8-13(14(17)18-5)15-12-6-7-16(9-12)11(3)4/h10-13,15H,6-9H2,1-5H3. The lowest BCUT2D eigenvalue weighted by atomic mass is 10.0. The summed E-state index contributed by atoms with van der Waals surface area (Å²) < 4.78 is 4.88. The quantitative estimate of drug-likeness (QED) is 0.734. The van der Waals surface area contributed by atoms with Crippen LogP contribution in [0.5, 0.6) is 0 Å². The van der Waals surface area contributed by atoms with Crippen LogP contribution in [-0.4, -0.2) is 49.2 Å². The Labute approximate surface area is 111 Å². The fraction of sp³-hybridized carbons (Fsp3) is 0.929. The van der Waals surface area contributed by atoms with Gasteiger partial charge in [0.15, 0.2) is 0 Å². The van der Waals surface area contributed by atoms with Crippen LogP contribution < -0.4 is 5.32 Å². The maximum Gasteiger partial charge on any atom is 0.322 e. The highest BCUT2D eigenvalue weighted by atomic mass is 16.5. The van der Waals surface area contributed by atoms with E-state index in [0.29, 0.717) is 18.0 Å². The number of esters is 1. The molecule has 1 rings (SSSR count). The van der Waals surface area contributed by atoms with Gasteiger partial charge in [-0.2, -0.15) is 0 Å². The Morgan fingerprint density at radius 3 is 2.50 bits per heavy atom. The molecule has 2 atom stereocenters. The molecule has 2 unspecified atom stereocenters.